The van der Waals surface area contributed by atoms with Crippen LogP contribution in [0.4, 0.5) is 5.69 Å². The van der Waals surface area contributed by atoms with Crippen LogP contribution in [0.2, 0.25) is 0 Å². The van der Waals surface area contributed by atoms with Crippen molar-refractivity contribution in [3.05, 3.63) is 53.0 Å². The van der Waals surface area contributed by atoms with Crippen molar-refractivity contribution in [2.75, 3.05) is 12.4 Å². The van der Waals surface area contributed by atoms with Gasteiger partial charge in [0.2, 0.25) is 0 Å². The van der Waals surface area contributed by atoms with Crippen molar-refractivity contribution in [1.82, 2.24) is 0 Å². The Hall–Kier alpha value is -2.01. The van der Waals surface area contributed by atoms with Gasteiger partial charge in [-0.3, -0.25) is 4.79 Å². The zero-order valence-electron chi connectivity index (χ0n) is 12.5. The molecule has 0 unspecified atom stereocenters. The summed E-state index contributed by atoms with van der Waals surface area (Å²) in [7, 11) is 1.61. The molecule has 0 saturated heterocycles. The Morgan fingerprint density at radius 1 is 1.14 bits per heavy atom. The molecule has 0 aliphatic rings. The maximum absolute atomic E-state index is 12.3. The van der Waals surface area contributed by atoms with Gasteiger partial charge in [-0.2, -0.15) is 0 Å². The van der Waals surface area contributed by atoms with Gasteiger partial charge in [0.15, 0.2) is 6.10 Å². The number of ether oxygens (including phenoxy) is 2. The van der Waals surface area contributed by atoms with E-state index in [4.69, 9.17) is 9.47 Å². The van der Waals surface area contributed by atoms with E-state index in [1.54, 1.807) is 31.4 Å². The number of rotatable bonds is 6. The number of carbonyl (C=O) groups is 1. The summed E-state index contributed by atoms with van der Waals surface area (Å²) in [6, 6.07) is 14.6. The highest BCUT2D eigenvalue weighted by molar-refractivity contribution is 9.10. The molecule has 0 aromatic heterocycles. The molecule has 0 fully saturated rings. The Morgan fingerprint density at radius 2 is 1.77 bits per heavy atom. The zero-order valence-corrected chi connectivity index (χ0v) is 14.1. The summed E-state index contributed by atoms with van der Waals surface area (Å²) in [5, 5.41) is 2.87. The first-order valence-corrected chi connectivity index (χ1v) is 7.79. The molecule has 2 aromatic rings. The molecule has 1 amide bonds. The minimum atomic E-state index is -0.555. The van der Waals surface area contributed by atoms with Gasteiger partial charge in [-0.05, 0) is 58.7 Å². The van der Waals surface area contributed by atoms with Crippen LogP contribution in [0.5, 0.6) is 11.5 Å². The molecule has 22 heavy (non-hydrogen) atoms. The number of para-hydroxylation sites is 1. The van der Waals surface area contributed by atoms with E-state index >= 15 is 0 Å². The number of carbonyl (C=O) groups excluding carboxylic acids is 1. The molecule has 0 aliphatic heterocycles. The molecular formula is C17H18BrNO3. The third kappa shape index (κ3) is 4.24. The van der Waals surface area contributed by atoms with Crippen LogP contribution in [0, 0.1) is 0 Å². The molecule has 0 bridgehead atoms. The molecule has 116 valence electrons. The molecule has 2 aromatic carbocycles. The highest BCUT2D eigenvalue weighted by atomic mass is 79.9. The van der Waals surface area contributed by atoms with Crippen molar-refractivity contribution in [3.8, 4) is 11.5 Å². The van der Waals surface area contributed by atoms with Crippen LogP contribution in [0.1, 0.15) is 13.3 Å². The Morgan fingerprint density at radius 3 is 2.36 bits per heavy atom. The summed E-state index contributed by atoms with van der Waals surface area (Å²) in [4.78, 5) is 12.3. The van der Waals surface area contributed by atoms with Crippen molar-refractivity contribution in [3.63, 3.8) is 0 Å². The second kappa shape index (κ2) is 7.84. The minimum absolute atomic E-state index is 0.176. The van der Waals surface area contributed by atoms with Crippen molar-refractivity contribution in [2.24, 2.45) is 0 Å². The normalized spacial score (nSPS) is 11.6. The van der Waals surface area contributed by atoms with E-state index in [9.17, 15) is 4.79 Å². The van der Waals surface area contributed by atoms with Crippen molar-refractivity contribution in [1.29, 1.82) is 0 Å². The van der Waals surface area contributed by atoms with E-state index in [2.05, 4.69) is 21.2 Å². The number of benzene rings is 2. The Kier molecular flexibility index (Phi) is 5.83. The average molecular weight is 364 g/mol. The van der Waals surface area contributed by atoms with Crippen LogP contribution in [0.15, 0.2) is 53.0 Å². The van der Waals surface area contributed by atoms with Gasteiger partial charge >= 0.3 is 0 Å². The zero-order chi connectivity index (χ0) is 15.9. The van der Waals surface area contributed by atoms with E-state index in [1.807, 2.05) is 31.2 Å². The maximum Gasteiger partial charge on any atom is 0.265 e. The first-order valence-electron chi connectivity index (χ1n) is 7.00. The van der Waals surface area contributed by atoms with Gasteiger partial charge in [0, 0.05) is 4.47 Å². The summed E-state index contributed by atoms with van der Waals surface area (Å²) in [6.45, 7) is 1.91. The topological polar surface area (TPSA) is 47.6 Å². The lowest BCUT2D eigenvalue weighted by Gasteiger charge is -2.18. The van der Waals surface area contributed by atoms with E-state index in [0.29, 0.717) is 12.2 Å². The van der Waals surface area contributed by atoms with Crippen LogP contribution < -0.4 is 14.8 Å². The first-order chi connectivity index (χ1) is 10.6. The molecule has 1 atom stereocenters. The van der Waals surface area contributed by atoms with Crippen LogP contribution in [0.3, 0.4) is 0 Å². The largest absolute Gasteiger partial charge is 0.497 e. The third-order valence-corrected chi connectivity index (χ3v) is 3.82. The van der Waals surface area contributed by atoms with Gasteiger partial charge in [-0.15, -0.1) is 0 Å². The Bertz CT molecular complexity index is 628. The Labute approximate surface area is 138 Å². The standard InChI is InChI=1S/C17H18BrNO3/c1-3-16(22-13-10-8-12(21-2)9-11-13)17(20)19-15-7-5-4-6-14(15)18/h4-11,16H,3H2,1-2H3,(H,19,20)/t16-/m0/s1. The predicted molar refractivity (Wildman–Crippen MR) is 90.5 cm³/mol. The summed E-state index contributed by atoms with van der Waals surface area (Å²) in [5.74, 6) is 1.21. The van der Waals surface area contributed by atoms with Gasteiger partial charge in [0.05, 0.1) is 12.8 Å². The highest BCUT2D eigenvalue weighted by Gasteiger charge is 2.19. The number of nitrogens with one attached hydrogen (secondary N) is 1. The second-order valence-corrected chi connectivity index (χ2v) is 5.51. The number of hydrogen-bond donors (Lipinski definition) is 1. The fourth-order valence-corrected chi connectivity index (χ4v) is 2.30. The number of hydrogen-bond acceptors (Lipinski definition) is 3. The summed E-state index contributed by atoms with van der Waals surface area (Å²) in [5.41, 5.74) is 0.726. The van der Waals surface area contributed by atoms with Gasteiger partial charge < -0.3 is 14.8 Å². The fraction of sp³-hybridized carbons (Fsp3) is 0.235. The monoisotopic (exact) mass is 363 g/mol. The fourth-order valence-electron chi connectivity index (χ4n) is 1.92. The minimum Gasteiger partial charge on any atom is -0.497 e. The van der Waals surface area contributed by atoms with E-state index in [-0.39, 0.29) is 5.91 Å². The van der Waals surface area contributed by atoms with Gasteiger partial charge in [0.1, 0.15) is 11.5 Å². The molecule has 5 heteroatoms. The lowest BCUT2D eigenvalue weighted by Crippen LogP contribution is -2.32. The summed E-state index contributed by atoms with van der Waals surface area (Å²) in [6.07, 6.45) is 0.0166. The number of anilines is 1. The van der Waals surface area contributed by atoms with E-state index in [1.165, 1.54) is 0 Å². The molecule has 0 radical (unpaired) electrons. The average Bonchev–Trinajstić information content (AvgIpc) is 2.55. The second-order valence-electron chi connectivity index (χ2n) is 4.66. The third-order valence-electron chi connectivity index (χ3n) is 3.13. The van der Waals surface area contributed by atoms with Gasteiger partial charge in [-0.25, -0.2) is 0 Å². The molecule has 0 spiro atoms. The van der Waals surface area contributed by atoms with Crippen LogP contribution in [-0.2, 0) is 4.79 Å². The van der Waals surface area contributed by atoms with E-state index in [0.717, 1.165) is 15.9 Å². The molecule has 0 heterocycles. The predicted octanol–water partition coefficient (Wildman–Crippen LogP) is 4.25. The van der Waals surface area contributed by atoms with Crippen molar-refractivity contribution >= 4 is 27.5 Å². The summed E-state index contributed by atoms with van der Waals surface area (Å²) < 4.78 is 11.7. The molecular weight excluding hydrogens is 346 g/mol. The highest BCUT2D eigenvalue weighted by Crippen LogP contribution is 2.23. The maximum atomic E-state index is 12.3. The molecule has 2 rings (SSSR count). The SMILES string of the molecule is CC[C@H](Oc1ccc(OC)cc1)C(=O)Nc1ccccc1Br. The van der Waals surface area contributed by atoms with Crippen LogP contribution in [0.25, 0.3) is 0 Å². The van der Waals surface area contributed by atoms with Gasteiger partial charge in [0.25, 0.3) is 5.91 Å². The van der Waals surface area contributed by atoms with Crippen molar-refractivity contribution < 1.29 is 14.3 Å². The van der Waals surface area contributed by atoms with Crippen molar-refractivity contribution in [2.45, 2.75) is 19.4 Å². The van der Waals surface area contributed by atoms with Crippen LogP contribution in [-0.4, -0.2) is 19.1 Å². The number of methoxy groups -OCH3 is 1. The molecule has 1 N–H and O–H groups in total. The summed E-state index contributed by atoms with van der Waals surface area (Å²) >= 11 is 3.41. The van der Waals surface area contributed by atoms with E-state index < -0.39 is 6.10 Å². The lowest BCUT2D eigenvalue weighted by atomic mass is 10.2. The first kappa shape index (κ1) is 16.4. The van der Waals surface area contributed by atoms with Crippen LogP contribution >= 0.6 is 15.9 Å². The number of halogens is 1. The number of amides is 1. The smallest absolute Gasteiger partial charge is 0.265 e. The molecule has 4 nitrogen and oxygen atoms in total. The quantitative estimate of drug-likeness (QED) is 0.834. The Balaban J connectivity index is 2.03. The van der Waals surface area contributed by atoms with Gasteiger partial charge in [-0.1, -0.05) is 19.1 Å². The molecule has 0 aliphatic carbocycles. The lowest BCUT2D eigenvalue weighted by molar-refractivity contribution is -0.122. The molecule has 0 saturated carbocycles.